The maximum atomic E-state index is 5.87. The Morgan fingerprint density at radius 3 is 1.96 bits per heavy atom. The fourth-order valence-corrected chi connectivity index (χ4v) is 2.91. The second kappa shape index (κ2) is 10.7. The van der Waals surface area contributed by atoms with Crippen molar-refractivity contribution in [2.45, 2.75) is 26.8 Å². The van der Waals surface area contributed by atoms with Gasteiger partial charge in [0.2, 0.25) is 0 Å². The fraction of sp³-hybridized carbons (Fsp3) is 0.292. The van der Waals surface area contributed by atoms with Crippen molar-refractivity contribution >= 4 is 5.90 Å². The molecule has 0 spiro atoms. The first-order valence-corrected chi connectivity index (χ1v) is 9.27. The summed E-state index contributed by atoms with van der Waals surface area (Å²) in [6.45, 7) is 7.25. The van der Waals surface area contributed by atoms with Crippen LogP contribution < -0.4 is 4.74 Å². The molecule has 0 unspecified atom stereocenters. The van der Waals surface area contributed by atoms with Gasteiger partial charge in [-0.05, 0) is 74.5 Å². The molecule has 1 aromatic rings. The number of hydrogen-bond acceptors (Lipinski definition) is 3. The minimum Gasteiger partial charge on any atom is -0.497 e. The summed E-state index contributed by atoms with van der Waals surface area (Å²) in [7, 11) is 1.68. The van der Waals surface area contributed by atoms with Crippen LogP contribution in [-0.2, 0) is 21.8 Å². The molecule has 10 radical (unpaired) electrons. The second-order valence-corrected chi connectivity index (χ2v) is 7.67. The molecular formula is C24H27FeNO2+2. The van der Waals surface area contributed by atoms with Gasteiger partial charge in [0.1, 0.15) is 12.4 Å². The van der Waals surface area contributed by atoms with E-state index in [9.17, 15) is 0 Å². The van der Waals surface area contributed by atoms with Crippen molar-refractivity contribution in [2.24, 2.45) is 10.4 Å². The van der Waals surface area contributed by atoms with Crippen molar-refractivity contribution < 1.29 is 26.5 Å². The SMILES string of the molecule is COc1ccc([C]2[CH][CH][CH][C]2C2=N[C@@H](C(C)(C)C)CO2)cc1.[CH]1[CH][CH][CH][CH]1.[Fe+2]. The van der Waals surface area contributed by atoms with Gasteiger partial charge < -0.3 is 9.47 Å². The minimum absolute atomic E-state index is 0. The topological polar surface area (TPSA) is 30.8 Å². The first-order valence-electron chi connectivity index (χ1n) is 9.27. The summed E-state index contributed by atoms with van der Waals surface area (Å²) in [5.41, 5.74) is 1.26. The van der Waals surface area contributed by atoms with Crippen LogP contribution in [0.1, 0.15) is 26.3 Å². The van der Waals surface area contributed by atoms with Crippen LogP contribution in [0, 0.1) is 68.6 Å². The molecule has 1 aliphatic heterocycles. The average Bonchev–Trinajstić information content (AvgIpc) is 3.43. The van der Waals surface area contributed by atoms with Gasteiger partial charge in [0.05, 0.1) is 19.1 Å². The second-order valence-electron chi connectivity index (χ2n) is 7.67. The smallest absolute Gasteiger partial charge is 0.497 e. The van der Waals surface area contributed by atoms with Crippen molar-refractivity contribution in [3.05, 3.63) is 93.0 Å². The quantitative estimate of drug-likeness (QED) is 0.669. The molecule has 0 amide bonds. The molecule has 0 saturated heterocycles. The molecule has 28 heavy (non-hydrogen) atoms. The summed E-state index contributed by atoms with van der Waals surface area (Å²) < 4.78 is 11.1. The van der Waals surface area contributed by atoms with Crippen LogP contribution in [0.25, 0.3) is 0 Å². The Kier molecular flexibility index (Phi) is 8.89. The van der Waals surface area contributed by atoms with E-state index < -0.39 is 0 Å². The van der Waals surface area contributed by atoms with Gasteiger partial charge in [-0.25, -0.2) is 4.99 Å². The zero-order valence-electron chi connectivity index (χ0n) is 16.8. The van der Waals surface area contributed by atoms with Crippen molar-refractivity contribution in [2.75, 3.05) is 13.7 Å². The van der Waals surface area contributed by atoms with Gasteiger partial charge in [-0.2, -0.15) is 0 Å². The largest absolute Gasteiger partial charge is 2.00 e. The van der Waals surface area contributed by atoms with Crippen LogP contribution in [-0.4, -0.2) is 25.7 Å². The van der Waals surface area contributed by atoms with Crippen molar-refractivity contribution in [3.63, 3.8) is 0 Å². The molecule has 4 heteroatoms. The average molecular weight is 417 g/mol. The number of benzene rings is 1. The third-order valence-electron chi connectivity index (χ3n) is 4.65. The number of hydrogen-bond donors (Lipinski definition) is 0. The van der Waals surface area contributed by atoms with Crippen LogP contribution in [0.3, 0.4) is 0 Å². The van der Waals surface area contributed by atoms with E-state index in [0.29, 0.717) is 6.61 Å². The van der Waals surface area contributed by atoms with Crippen molar-refractivity contribution in [1.29, 1.82) is 0 Å². The molecule has 0 aromatic heterocycles. The first-order chi connectivity index (χ1) is 13.0. The molecule has 1 heterocycles. The molecule has 3 nitrogen and oxygen atoms in total. The maximum absolute atomic E-state index is 5.87. The third kappa shape index (κ3) is 6.00. The van der Waals surface area contributed by atoms with E-state index in [1.54, 1.807) is 7.11 Å². The number of methoxy groups -OCH3 is 1. The third-order valence-corrected chi connectivity index (χ3v) is 4.65. The van der Waals surface area contributed by atoms with Gasteiger partial charge >= 0.3 is 17.1 Å². The van der Waals surface area contributed by atoms with Crippen molar-refractivity contribution in [3.8, 4) is 5.75 Å². The molecule has 146 valence electrons. The fourth-order valence-electron chi connectivity index (χ4n) is 2.91. The summed E-state index contributed by atoms with van der Waals surface area (Å²) in [5.74, 6) is 3.84. The minimum atomic E-state index is 0. The molecule has 0 bridgehead atoms. The Morgan fingerprint density at radius 2 is 1.46 bits per heavy atom. The molecule has 3 aliphatic rings. The van der Waals surface area contributed by atoms with Crippen LogP contribution in [0.4, 0.5) is 0 Å². The van der Waals surface area contributed by atoms with Gasteiger partial charge in [-0.3, -0.25) is 0 Å². The number of nitrogens with zero attached hydrogens (tertiary/aromatic N) is 1. The molecule has 0 N–H and O–H groups in total. The Labute approximate surface area is 182 Å². The van der Waals surface area contributed by atoms with Crippen LogP contribution in [0.2, 0.25) is 0 Å². The Balaban J connectivity index is 0.000000408. The molecule has 2 fully saturated rings. The normalized spacial score (nSPS) is 22.7. The van der Waals surface area contributed by atoms with Crippen LogP contribution in [0.15, 0.2) is 29.3 Å². The molecule has 2 aliphatic carbocycles. The zero-order valence-corrected chi connectivity index (χ0v) is 17.9. The zero-order chi connectivity index (χ0) is 19.3. The number of ether oxygens (including phenoxy) is 2. The van der Waals surface area contributed by atoms with E-state index in [1.807, 2.05) is 50.7 Å². The van der Waals surface area contributed by atoms with Crippen molar-refractivity contribution in [1.82, 2.24) is 0 Å². The molecule has 2 saturated carbocycles. The summed E-state index contributed by atoms with van der Waals surface area (Å²) >= 11 is 0. The van der Waals surface area contributed by atoms with Gasteiger partial charge in [0.15, 0.2) is 5.90 Å². The number of aliphatic imine (C=N–C) groups is 1. The Hall–Kier alpha value is -0.991. The van der Waals surface area contributed by atoms with Gasteiger partial charge in [0, 0.05) is 5.92 Å². The van der Waals surface area contributed by atoms with Gasteiger partial charge in [-0.1, -0.05) is 32.9 Å². The van der Waals surface area contributed by atoms with E-state index in [4.69, 9.17) is 14.5 Å². The van der Waals surface area contributed by atoms with E-state index in [0.717, 1.165) is 29.0 Å². The summed E-state index contributed by atoms with van der Waals surface area (Å²) in [4.78, 5) is 4.79. The Morgan fingerprint density at radius 1 is 0.893 bits per heavy atom. The summed E-state index contributed by atoms with van der Waals surface area (Å²) in [6.07, 6.45) is 16.2. The summed E-state index contributed by atoms with van der Waals surface area (Å²) in [5, 5.41) is 0. The van der Waals surface area contributed by atoms with Gasteiger partial charge in [-0.15, -0.1) is 0 Å². The Bertz CT molecular complexity index is 609. The van der Waals surface area contributed by atoms with Crippen LogP contribution >= 0.6 is 0 Å². The number of rotatable bonds is 3. The van der Waals surface area contributed by atoms with Gasteiger partial charge in [0.25, 0.3) is 0 Å². The first kappa shape index (κ1) is 23.3. The molecule has 1 atom stereocenters. The molecule has 4 rings (SSSR count). The van der Waals surface area contributed by atoms with E-state index in [2.05, 4.69) is 45.7 Å². The predicted octanol–water partition coefficient (Wildman–Crippen LogP) is 4.68. The van der Waals surface area contributed by atoms with Crippen LogP contribution in [0.5, 0.6) is 5.75 Å². The van der Waals surface area contributed by atoms with E-state index in [1.165, 1.54) is 0 Å². The maximum Gasteiger partial charge on any atom is 2.00 e. The molecule has 1 aromatic carbocycles. The predicted molar refractivity (Wildman–Crippen MR) is 110 cm³/mol. The molecular weight excluding hydrogens is 390 g/mol. The monoisotopic (exact) mass is 417 g/mol. The van der Waals surface area contributed by atoms with E-state index in [-0.39, 0.29) is 28.5 Å². The van der Waals surface area contributed by atoms with E-state index >= 15 is 0 Å². The standard InChI is InChI=1S/C19H22NO2.C5H5.Fe/c1-19(2,3)17-12-22-18(20-17)16-7-5-6-15(16)13-8-10-14(21-4)11-9-13;1-2-4-5-3-1;/h5-11,17H,12H2,1-4H3;1-5H;/q;;+2/t17-;;/m1../s1. The summed E-state index contributed by atoms with van der Waals surface area (Å²) in [6, 6.07) is 8.28.